The number of anilines is 1. The second-order valence-corrected chi connectivity index (χ2v) is 4.28. The van der Waals surface area contributed by atoms with E-state index in [1.807, 2.05) is 26.0 Å². The molecule has 0 aromatic heterocycles. The van der Waals surface area contributed by atoms with Gasteiger partial charge in [-0.1, -0.05) is 12.1 Å². The van der Waals surface area contributed by atoms with Crippen molar-refractivity contribution in [2.45, 2.75) is 33.2 Å². The maximum atomic E-state index is 11.5. The highest BCUT2D eigenvalue weighted by molar-refractivity contribution is 5.88. The van der Waals surface area contributed by atoms with Crippen LogP contribution in [-0.4, -0.2) is 17.9 Å². The van der Waals surface area contributed by atoms with Crippen molar-refractivity contribution >= 4 is 17.5 Å². The van der Waals surface area contributed by atoms with Crippen LogP contribution < -0.4 is 10.6 Å². The van der Waals surface area contributed by atoms with Gasteiger partial charge in [0, 0.05) is 18.7 Å². The number of nitrogens with one attached hydrogen (secondary N) is 2. The van der Waals surface area contributed by atoms with Crippen LogP contribution in [0.25, 0.3) is 0 Å². The van der Waals surface area contributed by atoms with Crippen LogP contribution in [0.2, 0.25) is 0 Å². The second kappa shape index (κ2) is 6.03. The Morgan fingerprint density at radius 3 is 2.24 bits per heavy atom. The van der Waals surface area contributed by atoms with Gasteiger partial charge in [0.1, 0.15) is 0 Å². The van der Waals surface area contributed by atoms with Gasteiger partial charge in [-0.05, 0) is 31.5 Å². The summed E-state index contributed by atoms with van der Waals surface area (Å²) in [5, 5.41) is 5.51. The maximum absolute atomic E-state index is 11.5. The van der Waals surface area contributed by atoms with E-state index < -0.39 is 0 Å². The fourth-order valence-corrected chi connectivity index (χ4v) is 1.47. The lowest BCUT2D eigenvalue weighted by atomic mass is 10.1. The molecule has 1 rings (SSSR count). The molecule has 0 heterocycles. The minimum Gasteiger partial charge on any atom is -0.354 e. The average Bonchev–Trinajstić information content (AvgIpc) is 2.18. The summed E-state index contributed by atoms with van der Waals surface area (Å²) in [4.78, 5) is 22.3. The van der Waals surface area contributed by atoms with Gasteiger partial charge in [-0.2, -0.15) is 0 Å². The Hall–Kier alpha value is -1.84. The van der Waals surface area contributed by atoms with Crippen molar-refractivity contribution in [3.8, 4) is 0 Å². The molecule has 4 nitrogen and oxygen atoms in total. The van der Waals surface area contributed by atoms with Crippen LogP contribution in [0.3, 0.4) is 0 Å². The highest BCUT2D eigenvalue weighted by Crippen LogP contribution is 2.09. The second-order valence-electron chi connectivity index (χ2n) is 4.28. The first-order valence-corrected chi connectivity index (χ1v) is 5.63. The van der Waals surface area contributed by atoms with E-state index in [9.17, 15) is 9.59 Å². The molecule has 4 heteroatoms. The molecule has 0 fully saturated rings. The monoisotopic (exact) mass is 234 g/mol. The van der Waals surface area contributed by atoms with Crippen LogP contribution in [0.5, 0.6) is 0 Å². The van der Waals surface area contributed by atoms with Gasteiger partial charge >= 0.3 is 0 Å². The Kier molecular flexibility index (Phi) is 4.69. The summed E-state index contributed by atoms with van der Waals surface area (Å²) in [7, 11) is 0. The highest BCUT2D eigenvalue weighted by Gasteiger charge is 2.04. The Labute approximate surface area is 101 Å². The molecule has 92 valence electrons. The summed E-state index contributed by atoms with van der Waals surface area (Å²) < 4.78 is 0. The first-order chi connectivity index (χ1) is 7.97. The minimum absolute atomic E-state index is 0.00674. The van der Waals surface area contributed by atoms with Crippen LogP contribution in [0.15, 0.2) is 24.3 Å². The number of amides is 2. The molecule has 0 aliphatic carbocycles. The zero-order chi connectivity index (χ0) is 12.8. The quantitative estimate of drug-likeness (QED) is 0.833. The molecule has 1 aromatic rings. The van der Waals surface area contributed by atoms with Gasteiger partial charge in [0.25, 0.3) is 0 Å². The van der Waals surface area contributed by atoms with E-state index in [1.54, 1.807) is 12.1 Å². The third-order valence-corrected chi connectivity index (χ3v) is 2.09. The number of carbonyl (C=O) groups is 2. The average molecular weight is 234 g/mol. The summed E-state index contributed by atoms with van der Waals surface area (Å²) in [6, 6.07) is 7.41. The third-order valence-electron chi connectivity index (χ3n) is 2.09. The molecule has 0 aliphatic rings. The molecule has 0 atom stereocenters. The lowest BCUT2D eigenvalue weighted by molar-refractivity contribution is -0.121. The Bertz CT molecular complexity index is 396. The van der Waals surface area contributed by atoms with Crippen molar-refractivity contribution in [3.63, 3.8) is 0 Å². The van der Waals surface area contributed by atoms with Crippen LogP contribution in [0.4, 0.5) is 5.69 Å². The molecule has 0 radical (unpaired) electrons. The van der Waals surface area contributed by atoms with Gasteiger partial charge in [-0.3, -0.25) is 9.59 Å². The molecule has 2 N–H and O–H groups in total. The number of hydrogen-bond donors (Lipinski definition) is 2. The smallest absolute Gasteiger partial charge is 0.224 e. The van der Waals surface area contributed by atoms with Crippen LogP contribution in [0, 0.1) is 0 Å². The topological polar surface area (TPSA) is 58.2 Å². The van der Waals surface area contributed by atoms with Crippen molar-refractivity contribution in [2.24, 2.45) is 0 Å². The van der Waals surface area contributed by atoms with Crippen LogP contribution in [0.1, 0.15) is 26.3 Å². The van der Waals surface area contributed by atoms with E-state index in [1.165, 1.54) is 6.92 Å². The van der Waals surface area contributed by atoms with Gasteiger partial charge in [-0.15, -0.1) is 0 Å². The molecule has 0 spiro atoms. The minimum atomic E-state index is -0.102. The van der Waals surface area contributed by atoms with Crippen molar-refractivity contribution in [1.29, 1.82) is 0 Å². The van der Waals surface area contributed by atoms with Gasteiger partial charge in [-0.25, -0.2) is 0 Å². The van der Waals surface area contributed by atoms with E-state index in [2.05, 4.69) is 10.6 Å². The fraction of sp³-hybridized carbons (Fsp3) is 0.385. The molecule has 0 saturated heterocycles. The summed E-state index contributed by atoms with van der Waals surface area (Å²) in [5.41, 5.74) is 1.67. The molecule has 0 aliphatic heterocycles. The first-order valence-electron chi connectivity index (χ1n) is 5.63. The third kappa shape index (κ3) is 5.15. The van der Waals surface area contributed by atoms with E-state index in [0.717, 1.165) is 11.3 Å². The predicted molar refractivity (Wildman–Crippen MR) is 67.7 cm³/mol. The molecule has 2 amide bonds. The lowest BCUT2D eigenvalue weighted by Crippen LogP contribution is -2.31. The van der Waals surface area contributed by atoms with Gasteiger partial charge in [0.2, 0.25) is 11.8 Å². The van der Waals surface area contributed by atoms with Crippen LogP contribution in [-0.2, 0) is 16.0 Å². The molecule has 0 unspecified atom stereocenters. The molecular weight excluding hydrogens is 216 g/mol. The normalized spacial score (nSPS) is 10.1. The van der Waals surface area contributed by atoms with Gasteiger partial charge in [0.05, 0.1) is 6.42 Å². The van der Waals surface area contributed by atoms with Crippen LogP contribution >= 0.6 is 0 Å². The summed E-state index contributed by atoms with van der Waals surface area (Å²) in [5.74, 6) is -0.0948. The van der Waals surface area contributed by atoms with Gasteiger partial charge in [0.15, 0.2) is 0 Å². The Morgan fingerprint density at radius 1 is 1.18 bits per heavy atom. The largest absolute Gasteiger partial charge is 0.354 e. The number of carbonyl (C=O) groups excluding carboxylic acids is 2. The lowest BCUT2D eigenvalue weighted by Gasteiger charge is -2.08. The standard InChI is InChI=1S/C13H18N2O2/c1-9(2)14-13(17)8-11-4-6-12(7-5-11)15-10(3)16/h4-7,9H,8H2,1-3H3,(H,14,17)(H,15,16). The zero-order valence-electron chi connectivity index (χ0n) is 10.4. The van der Waals surface area contributed by atoms with Crippen molar-refractivity contribution in [2.75, 3.05) is 5.32 Å². The first kappa shape index (κ1) is 13.2. The number of benzene rings is 1. The summed E-state index contributed by atoms with van der Waals surface area (Å²) in [6.07, 6.45) is 0.360. The number of rotatable bonds is 4. The SMILES string of the molecule is CC(=O)Nc1ccc(CC(=O)NC(C)C)cc1. The fourth-order valence-electron chi connectivity index (χ4n) is 1.47. The van der Waals surface area contributed by atoms with E-state index >= 15 is 0 Å². The van der Waals surface area contributed by atoms with Crippen molar-refractivity contribution in [1.82, 2.24) is 5.32 Å². The highest BCUT2D eigenvalue weighted by atomic mass is 16.2. The predicted octanol–water partition coefficient (Wildman–Crippen LogP) is 1.71. The van der Waals surface area contributed by atoms with Crippen molar-refractivity contribution < 1.29 is 9.59 Å². The maximum Gasteiger partial charge on any atom is 0.224 e. The Balaban J connectivity index is 2.56. The van der Waals surface area contributed by atoms with Crippen molar-refractivity contribution in [3.05, 3.63) is 29.8 Å². The zero-order valence-corrected chi connectivity index (χ0v) is 10.4. The molecule has 0 bridgehead atoms. The van der Waals surface area contributed by atoms with E-state index in [4.69, 9.17) is 0 Å². The van der Waals surface area contributed by atoms with E-state index in [0.29, 0.717) is 6.42 Å². The number of hydrogen-bond acceptors (Lipinski definition) is 2. The Morgan fingerprint density at radius 2 is 1.76 bits per heavy atom. The summed E-state index contributed by atoms with van der Waals surface area (Å²) in [6.45, 7) is 5.32. The molecular formula is C13H18N2O2. The van der Waals surface area contributed by atoms with Gasteiger partial charge < -0.3 is 10.6 Å². The molecule has 1 aromatic carbocycles. The molecule has 17 heavy (non-hydrogen) atoms. The van der Waals surface area contributed by atoms with E-state index in [-0.39, 0.29) is 17.9 Å². The summed E-state index contributed by atoms with van der Waals surface area (Å²) >= 11 is 0. The molecule has 0 saturated carbocycles.